The number of ether oxygens (including phenoxy) is 1. The van der Waals surface area contributed by atoms with Crippen molar-refractivity contribution in [1.29, 1.82) is 0 Å². The molecule has 3 saturated carbocycles. The molecule has 0 aromatic carbocycles. The zero-order chi connectivity index (χ0) is 21.3. The van der Waals surface area contributed by atoms with Crippen molar-refractivity contribution < 1.29 is 9.84 Å². The van der Waals surface area contributed by atoms with Crippen molar-refractivity contribution in [3.05, 3.63) is 11.6 Å². The molecule has 4 fully saturated rings. The van der Waals surface area contributed by atoms with Gasteiger partial charge in [0, 0.05) is 0 Å². The van der Waals surface area contributed by atoms with Gasteiger partial charge in [0.1, 0.15) is 0 Å². The van der Waals surface area contributed by atoms with Crippen LogP contribution < -0.4 is 0 Å². The number of hydrogen-bond donors (Lipinski definition) is 1. The maximum atomic E-state index is 10.2. The van der Waals surface area contributed by atoms with Gasteiger partial charge in [-0.25, -0.2) is 0 Å². The lowest BCUT2D eigenvalue weighted by atomic mass is 9.47. The van der Waals surface area contributed by atoms with Crippen LogP contribution in [0.4, 0.5) is 0 Å². The van der Waals surface area contributed by atoms with Gasteiger partial charge in [-0.3, -0.25) is 0 Å². The van der Waals surface area contributed by atoms with Crippen LogP contribution in [0.15, 0.2) is 11.6 Å². The number of hydrogen-bond acceptors (Lipinski definition) is 2. The second-order valence-electron chi connectivity index (χ2n) is 12.7. The topological polar surface area (TPSA) is 32.8 Å². The zero-order valence-corrected chi connectivity index (χ0v) is 20.2. The molecule has 0 bridgehead atoms. The average molecular weight is 415 g/mol. The third-order valence-electron chi connectivity index (χ3n) is 11.2. The van der Waals surface area contributed by atoms with Crippen LogP contribution in [0.2, 0.25) is 0 Å². The molecule has 0 radical (unpaired) electrons. The molecule has 0 amide bonds. The fourth-order valence-electron chi connectivity index (χ4n) is 9.22. The van der Waals surface area contributed by atoms with Crippen molar-refractivity contribution in [3.63, 3.8) is 0 Å². The predicted octanol–water partition coefficient (Wildman–Crippen LogP) is 6.77. The first-order valence-electron chi connectivity index (χ1n) is 13.3. The minimum atomic E-state index is -0.0881. The lowest BCUT2D eigenvalue weighted by Gasteiger charge is -2.58. The maximum Gasteiger partial charge on any atom is 0.0872 e. The SMILES string of the molecule is CC[C@@H](C(C)C)C1O[C@H]1CC1CCC2C3CC=C4C[C@@H](O)CC[C@]4(C)C3CCC12C. The Morgan fingerprint density at radius 2 is 1.90 bits per heavy atom. The van der Waals surface area contributed by atoms with Crippen LogP contribution in [0.1, 0.15) is 98.8 Å². The van der Waals surface area contributed by atoms with Crippen LogP contribution in [0.3, 0.4) is 0 Å². The molecule has 1 saturated heterocycles. The standard InChI is InChI=1S/C28H46O2/c1-6-21(17(2)3)26-25(30-26)16-19-8-10-23-22-9-7-18-15-20(29)11-13-27(18,4)24(22)12-14-28(19,23)5/h7,17,19-26,29H,6,8-16H2,1-5H3/t19?,20-,21-,22?,23?,24?,25-,26?,27-,28?/m0/s1. The molecular weight excluding hydrogens is 368 g/mol. The van der Waals surface area contributed by atoms with Gasteiger partial charge in [-0.2, -0.15) is 0 Å². The largest absolute Gasteiger partial charge is 0.393 e. The van der Waals surface area contributed by atoms with E-state index in [1.54, 1.807) is 5.57 Å². The molecule has 2 nitrogen and oxygen atoms in total. The number of rotatable bonds is 5. The first-order valence-corrected chi connectivity index (χ1v) is 13.3. The lowest BCUT2D eigenvalue weighted by Crippen LogP contribution is -2.50. The van der Waals surface area contributed by atoms with Gasteiger partial charge in [-0.1, -0.05) is 52.7 Å². The second-order valence-corrected chi connectivity index (χ2v) is 12.7. The molecule has 5 rings (SSSR count). The summed E-state index contributed by atoms with van der Waals surface area (Å²) in [7, 11) is 0. The third-order valence-corrected chi connectivity index (χ3v) is 11.2. The van der Waals surface area contributed by atoms with Gasteiger partial charge >= 0.3 is 0 Å². The quantitative estimate of drug-likeness (QED) is 0.398. The summed E-state index contributed by atoms with van der Waals surface area (Å²) in [5.74, 6) is 5.01. The van der Waals surface area contributed by atoms with E-state index >= 15 is 0 Å². The van der Waals surface area contributed by atoms with Crippen LogP contribution in [-0.4, -0.2) is 23.4 Å². The van der Waals surface area contributed by atoms with E-state index in [2.05, 4.69) is 40.7 Å². The molecular formula is C28H46O2. The van der Waals surface area contributed by atoms with E-state index in [0.29, 0.717) is 23.0 Å². The van der Waals surface area contributed by atoms with E-state index in [9.17, 15) is 5.11 Å². The molecule has 0 aromatic heterocycles. The van der Waals surface area contributed by atoms with Gasteiger partial charge < -0.3 is 9.84 Å². The Morgan fingerprint density at radius 1 is 1.10 bits per heavy atom. The van der Waals surface area contributed by atoms with Crippen molar-refractivity contribution >= 4 is 0 Å². The van der Waals surface area contributed by atoms with E-state index in [-0.39, 0.29) is 6.10 Å². The Morgan fingerprint density at radius 3 is 2.63 bits per heavy atom. The zero-order valence-electron chi connectivity index (χ0n) is 20.2. The fraction of sp³-hybridized carbons (Fsp3) is 0.929. The van der Waals surface area contributed by atoms with Crippen molar-refractivity contribution in [2.75, 3.05) is 0 Å². The molecule has 1 aliphatic heterocycles. The number of fused-ring (bicyclic) bond motifs is 5. The summed E-state index contributed by atoms with van der Waals surface area (Å²) >= 11 is 0. The van der Waals surface area contributed by atoms with Crippen molar-refractivity contribution in [1.82, 2.24) is 0 Å². The molecule has 1 N–H and O–H groups in total. The highest BCUT2D eigenvalue weighted by Crippen LogP contribution is 2.67. The van der Waals surface area contributed by atoms with Crippen LogP contribution >= 0.6 is 0 Å². The van der Waals surface area contributed by atoms with Crippen molar-refractivity contribution in [2.45, 2.75) is 117 Å². The van der Waals surface area contributed by atoms with E-state index in [4.69, 9.17) is 4.74 Å². The highest BCUT2D eigenvalue weighted by atomic mass is 16.6. The summed E-state index contributed by atoms with van der Waals surface area (Å²) in [4.78, 5) is 0. The van der Waals surface area contributed by atoms with Crippen LogP contribution in [0.5, 0.6) is 0 Å². The first kappa shape index (κ1) is 21.5. The molecule has 0 aromatic rings. The van der Waals surface area contributed by atoms with Gasteiger partial charge in [0.15, 0.2) is 0 Å². The number of epoxide rings is 1. The molecule has 2 heteroatoms. The highest BCUT2D eigenvalue weighted by Gasteiger charge is 2.59. The van der Waals surface area contributed by atoms with Gasteiger partial charge in [0.05, 0.1) is 18.3 Å². The summed E-state index contributed by atoms with van der Waals surface area (Å²) in [6.07, 6.45) is 16.3. The summed E-state index contributed by atoms with van der Waals surface area (Å²) in [5.41, 5.74) is 2.51. The van der Waals surface area contributed by atoms with Gasteiger partial charge in [-0.15, -0.1) is 0 Å². The smallest absolute Gasteiger partial charge is 0.0872 e. The minimum absolute atomic E-state index is 0.0881. The van der Waals surface area contributed by atoms with Crippen LogP contribution in [0, 0.1) is 46.3 Å². The van der Waals surface area contributed by atoms with E-state index in [0.717, 1.165) is 48.3 Å². The Hall–Kier alpha value is -0.340. The summed E-state index contributed by atoms with van der Waals surface area (Å²) < 4.78 is 6.29. The monoisotopic (exact) mass is 414 g/mol. The summed E-state index contributed by atoms with van der Waals surface area (Å²) in [5, 5.41) is 10.2. The molecule has 170 valence electrons. The summed E-state index contributed by atoms with van der Waals surface area (Å²) in [6.45, 7) is 12.3. The normalized spacial score (nSPS) is 51.0. The van der Waals surface area contributed by atoms with Gasteiger partial charge in [0.25, 0.3) is 0 Å². The van der Waals surface area contributed by atoms with Gasteiger partial charge in [0.2, 0.25) is 0 Å². The number of aliphatic hydroxyl groups is 1. The highest BCUT2D eigenvalue weighted by molar-refractivity contribution is 5.25. The fourth-order valence-corrected chi connectivity index (χ4v) is 9.22. The molecule has 5 aliphatic rings. The number of allylic oxidation sites excluding steroid dienone is 1. The van der Waals surface area contributed by atoms with Crippen LogP contribution in [-0.2, 0) is 4.74 Å². The predicted molar refractivity (Wildman–Crippen MR) is 123 cm³/mol. The second kappa shape index (κ2) is 7.62. The molecule has 0 spiro atoms. The Bertz CT molecular complexity index is 682. The summed E-state index contributed by atoms with van der Waals surface area (Å²) in [6, 6.07) is 0. The average Bonchev–Trinajstić information content (AvgIpc) is 3.36. The Balaban J connectivity index is 1.29. The molecule has 4 aliphatic carbocycles. The lowest BCUT2D eigenvalue weighted by molar-refractivity contribution is -0.0513. The van der Waals surface area contributed by atoms with E-state index in [1.165, 1.54) is 51.4 Å². The third kappa shape index (κ3) is 3.26. The van der Waals surface area contributed by atoms with E-state index in [1.807, 2.05) is 0 Å². The Labute approximate surface area is 185 Å². The van der Waals surface area contributed by atoms with Gasteiger partial charge in [-0.05, 0) is 104 Å². The van der Waals surface area contributed by atoms with Crippen molar-refractivity contribution in [3.8, 4) is 0 Å². The minimum Gasteiger partial charge on any atom is -0.393 e. The molecule has 10 atom stereocenters. The Kier molecular flexibility index (Phi) is 5.46. The van der Waals surface area contributed by atoms with Crippen molar-refractivity contribution in [2.24, 2.45) is 46.3 Å². The van der Waals surface area contributed by atoms with E-state index < -0.39 is 0 Å². The maximum absolute atomic E-state index is 10.2. The number of aliphatic hydroxyl groups excluding tert-OH is 1. The molecule has 30 heavy (non-hydrogen) atoms. The van der Waals surface area contributed by atoms with Crippen LogP contribution in [0.25, 0.3) is 0 Å². The molecule has 6 unspecified atom stereocenters. The first-order chi connectivity index (χ1) is 14.3. The molecule has 1 heterocycles.